The van der Waals surface area contributed by atoms with Crippen LogP contribution in [-0.2, 0) is 4.74 Å². The summed E-state index contributed by atoms with van der Waals surface area (Å²) < 4.78 is 12.1. The highest BCUT2D eigenvalue weighted by molar-refractivity contribution is 5.85. The van der Waals surface area contributed by atoms with Crippen molar-refractivity contribution in [1.82, 2.24) is 25.3 Å². The normalized spacial score (nSPS) is 25.0. The highest BCUT2D eigenvalue weighted by Crippen LogP contribution is 2.33. The molecule has 0 spiro atoms. The van der Waals surface area contributed by atoms with Gasteiger partial charge in [0.2, 0.25) is 5.95 Å². The lowest BCUT2D eigenvalue weighted by Gasteiger charge is -2.31. The number of nitrogens with zero attached hydrogens (tertiary/aromatic N) is 5. The quantitative estimate of drug-likeness (QED) is 0.557. The van der Waals surface area contributed by atoms with Gasteiger partial charge in [-0.05, 0) is 50.3 Å². The van der Waals surface area contributed by atoms with Gasteiger partial charge in [0.25, 0.3) is 0 Å². The predicted molar refractivity (Wildman–Crippen MR) is 135 cm³/mol. The summed E-state index contributed by atoms with van der Waals surface area (Å²) in [7, 11) is 0. The Morgan fingerprint density at radius 2 is 1.74 bits per heavy atom. The average molecular weight is 476 g/mol. The van der Waals surface area contributed by atoms with Crippen molar-refractivity contribution in [3.8, 4) is 5.75 Å². The van der Waals surface area contributed by atoms with Crippen LogP contribution in [-0.4, -0.2) is 71.5 Å². The lowest BCUT2D eigenvalue weighted by Crippen LogP contribution is -2.36. The van der Waals surface area contributed by atoms with Gasteiger partial charge in [-0.1, -0.05) is 0 Å². The molecule has 1 saturated carbocycles. The summed E-state index contributed by atoms with van der Waals surface area (Å²) >= 11 is 0. The maximum Gasteiger partial charge on any atom is 0.222 e. The molecular weight excluding hydrogens is 442 g/mol. The first-order chi connectivity index (χ1) is 17.3. The molecule has 35 heavy (non-hydrogen) atoms. The summed E-state index contributed by atoms with van der Waals surface area (Å²) in [6.45, 7) is 5.35. The SMILES string of the molecule is c1cnc2c(O[C@H]3CC[C@@H](Nc4ncc(C5CCNC5)cn4)CC3)cc(N3CCOCC3)cc2n1. The molecule has 3 aromatic rings. The van der Waals surface area contributed by atoms with Crippen LogP contribution >= 0.6 is 0 Å². The van der Waals surface area contributed by atoms with Crippen LogP contribution in [0.1, 0.15) is 43.6 Å². The summed E-state index contributed by atoms with van der Waals surface area (Å²) in [4.78, 5) is 20.6. The number of nitrogens with one attached hydrogen (secondary N) is 2. The Morgan fingerprint density at radius 3 is 2.51 bits per heavy atom. The molecule has 9 heteroatoms. The third kappa shape index (κ3) is 5.16. The van der Waals surface area contributed by atoms with Gasteiger partial charge in [-0.3, -0.25) is 4.98 Å². The molecular formula is C26H33N7O2. The van der Waals surface area contributed by atoms with Crippen LogP contribution in [0.2, 0.25) is 0 Å². The van der Waals surface area contributed by atoms with Crippen molar-refractivity contribution in [2.24, 2.45) is 0 Å². The number of hydrogen-bond donors (Lipinski definition) is 2. The van der Waals surface area contributed by atoms with E-state index < -0.39 is 0 Å². The Labute approximate surface area is 205 Å². The van der Waals surface area contributed by atoms with Crippen molar-refractivity contribution in [2.45, 2.75) is 50.2 Å². The van der Waals surface area contributed by atoms with E-state index in [0.29, 0.717) is 12.0 Å². The second kappa shape index (κ2) is 10.3. The van der Waals surface area contributed by atoms with Crippen molar-refractivity contribution in [2.75, 3.05) is 49.6 Å². The van der Waals surface area contributed by atoms with E-state index >= 15 is 0 Å². The molecule has 2 aromatic heterocycles. The third-order valence-corrected chi connectivity index (χ3v) is 7.40. The van der Waals surface area contributed by atoms with Crippen molar-refractivity contribution < 1.29 is 9.47 Å². The lowest BCUT2D eigenvalue weighted by molar-refractivity contribution is 0.122. The Hall–Kier alpha value is -3.04. The Balaban J connectivity index is 1.08. The van der Waals surface area contributed by atoms with Crippen LogP contribution in [0.4, 0.5) is 11.6 Å². The minimum atomic E-state index is 0.163. The summed E-state index contributed by atoms with van der Waals surface area (Å²) in [6, 6.07) is 4.60. The van der Waals surface area contributed by atoms with E-state index in [0.717, 1.165) is 99.9 Å². The molecule has 2 N–H and O–H groups in total. The highest BCUT2D eigenvalue weighted by Gasteiger charge is 2.25. The summed E-state index contributed by atoms with van der Waals surface area (Å²) in [5.74, 6) is 2.09. The standard InChI is InChI=1S/C26H33N7O2/c1-3-22(4-2-20(1)32-26-30-16-19(17-31-26)18-5-6-27-15-18)35-24-14-21(33-9-11-34-12-10-33)13-23-25(24)29-8-7-28-23/h7-8,13-14,16-18,20,22,27H,1-6,9-12,15H2,(H,30,31,32)/t18?,20-,22+. The molecule has 2 saturated heterocycles. The van der Waals surface area contributed by atoms with Gasteiger partial charge in [0.1, 0.15) is 11.3 Å². The number of hydrogen-bond acceptors (Lipinski definition) is 9. The van der Waals surface area contributed by atoms with Gasteiger partial charge in [0.15, 0.2) is 0 Å². The zero-order chi connectivity index (χ0) is 23.5. The van der Waals surface area contributed by atoms with E-state index in [1.807, 2.05) is 12.4 Å². The van der Waals surface area contributed by atoms with Gasteiger partial charge >= 0.3 is 0 Å². The molecule has 2 aliphatic heterocycles. The lowest BCUT2D eigenvalue weighted by atomic mass is 9.93. The molecule has 6 rings (SSSR count). The first-order valence-corrected chi connectivity index (χ1v) is 12.8. The van der Waals surface area contributed by atoms with Gasteiger partial charge < -0.3 is 25.0 Å². The minimum absolute atomic E-state index is 0.163. The molecule has 9 nitrogen and oxygen atoms in total. The van der Waals surface area contributed by atoms with E-state index in [9.17, 15) is 0 Å². The van der Waals surface area contributed by atoms with Crippen molar-refractivity contribution in [3.05, 3.63) is 42.5 Å². The number of benzene rings is 1. The number of ether oxygens (including phenoxy) is 2. The Bertz CT molecular complexity index is 1120. The second-order valence-electron chi connectivity index (χ2n) is 9.73. The van der Waals surface area contributed by atoms with Crippen LogP contribution in [0, 0.1) is 0 Å². The number of anilines is 2. The first-order valence-electron chi connectivity index (χ1n) is 12.8. The average Bonchev–Trinajstić information content (AvgIpc) is 3.46. The second-order valence-corrected chi connectivity index (χ2v) is 9.73. The van der Waals surface area contributed by atoms with Gasteiger partial charge in [-0.2, -0.15) is 0 Å². The first kappa shape index (κ1) is 22.4. The van der Waals surface area contributed by atoms with Gasteiger partial charge in [-0.15, -0.1) is 0 Å². The van der Waals surface area contributed by atoms with Crippen LogP contribution in [0.3, 0.4) is 0 Å². The fourth-order valence-electron chi connectivity index (χ4n) is 5.37. The molecule has 184 valence electrons. The number of fused-ring (bicyclic) bond motifs is 1. The van der Waals surface area contributed by atoms with E-state index in [1.165, 1.54) is 5.56 Å². The fraction of sp³-hybridized carbons (Fsp3) is 0.538. The smallest absolute Gasteiger partial charge is 0.222 e. The maximum atomic E-state index is 6.55. The van der Waals surface area contributed by atoms with Crippen LogP contribution in [0.25, 0.3) is 11.0 Å². The largest absolute Gasteiger partial charge is 0.488 e. The number of morpholine rings is 1. The molecule has 1 unspecified atom stereocenters. The third-order valence-electron chi connectivity index (χ3n) is 7.40. The monoisotopic (exact) mass is 475 g/mol. The number of aromatic nitrogens is 4. The molecule has 0 amide bonds. The van der Waals surface area contributed by atoms with E-state index in [-0.39, 0.29) is 6.10 Å². The summed E-state index contributed by atoms with van der Waals surface area (Å²) in [5.41, 5.74) is 4.06. The van der Waals surface area contributed by atoms with Crippen molar-refractivity contribution in [1.29, 1.82) is 0 Å². The molecule has 0 radical (unpaired) electrons. The van der Waals surface area contributed by atoms with Gasteiger partial charge in [0.05, 0.1) is 24.8 Å². The molecule has 3 fully saturated rings. The Morgan fingerprint density at radius 1 is 0.943 bits per heavy atom. The maximum absolute atomic E-state index is 6.55. The summed E-state index contributed by atoms with van der Waals surface area (Å²) in [5, 5.41) is 6.93. The van der Waals surface area contributed by atoms with Crippen LogP contribution in [0.5, 0.6) is 5.75 Å². The topological polar surface area (TPSA) is 97.3 Å². The van der Waals surface area contributed by atoms with Crippen molar-refractivity contribution in [3.63, 3.8) is 0 Å². The molecule has 1 aromatic carbocycles. The predicted octanol–water partition coefficient (Wildman–Crippen LogP) is 3.14. The number of rotatable bonds is 6. The summed E-state index contributed by atoms with van der Waals surface area (Å²) in [6.07, 6.45) is 12.8. The van der Waals surface area contributed by atoms with E-state index in [2.05, 4.69) is 47.6 Å². The molecule has 0 bridgehead atoms. The molecule has 3 aliphatic rings. The van der Waals surface area contributed by atoms with Gasteiger partial charge in [-0.25, -0.2) is 15.0 Å². The minimum Gasteiger partial charge on any atom is -0.488 e. The molecule has 4 heterocycles. The zero-order valence-corrected chi connectivity index (χ0v) is 20.0. The van der Waals surface area contributed by atoms with E-state index in [4.69, 9.17) is 9.47 Å². The van der Waals surface area contributed by atoms with Crippen molar-refractivity contribution >= 4 is 22.7 Å². The zero-order valence-electron chi connectivity index (χ0n) is 20.0. The fourth-order valence-corrected chi connectivity index (χ4v) is 5.37. The van der Waals surface area contributed by atoms with E-state index in [1.54, 1.807) is 12.4 Å². The van der Waals surface area contributed by atoms with Crippen LogP contribution in [0.15, 0.2) is 36.9 Å². The van der Waals surface area contributed by atoms with Gasteiger partial charge in [0, 0.05) is 68.1 Å². The molecule has 1 aliphatic carbocycles. The molecule has 1 atom stereocenters. The Kier molecular flexibility index (Phi) is 6.60. The highest BCUT2D eigenvalue weighted by atomic mass is 16.5. The van der Waals surface area contributed by atoms with Crippen LogP contribution < -0.4 is 20.3 Å².